The number of rotatable bonds is 8. The van der Waals surface area contributed by atoms with Crippen molar-refractivity contribution in [3.63, 3.8) is 0 Å². The molecule has 0 saturated heterocycles. The van der Waals surface area contributed by atoms with Gasteiger partial charge < -0.3 is 10.2 Å². The Kier molecular flexibility index (Phi) is 8.45. The quantitative estimate of drug-likeness (QED) is 0.617. The molecule has 0 saturated carbocycles. The van der Waals surface area contributed by atoms with Crippen LogP contribution in [-0.2, 0) is 22.6 Å². The molecule has 0 heterocycles. The van der Waals surface area contributed by atoms with E-state index in [1.807, 2.05) is 56.3 Å². The number of hydrogen-bond acceptors (Lipinski definition) is 2. The molecule has 0 fully saturated rings. The van der Waals surface area contributed by atoms with Crippen LogP contribution in [0.5, 0.6) is 0 Å². The Morgan fingerprint density at radius 3 is 2.45 bits per heavy atom. The zero-order chi connectivity index (χ0) is 21.6. The molecule has 29 heavy (non-hydrogen) atoms. The van der Waals surface area contributed by atoms with E-state index in [0.29, 0.717) is 19.0 Å². The van der Waals surface area contributed by atoms with Crippen molar-refractivity contribution in [2.45, 2.75) is 53.6 Å². The predicted octanol–water partition coefficient (Wildman–Crippen LogP) is 4.80. The zero-order valence-electron chi connectivity index (χ0n) is 18.0. The summed E-state index contributed by atoms with van der Waals surface area (Å²) in [4.78, 5) is 27.7. The molecule has 2 aromatic rings. The highest BCUT2D eigenvalue weighted by Crippen LogP contribution is 2.18. The molecule has 0 unspecified atom stereocenters. The molecule has 0 aliphatic heterocycles. The Morgan fingerprint density at radius 1 is 1.07 bits per heavy atom. The van der Waals surface area contributed by atoms with E-state index >= 15 is 0 Å². The van der Waals surface area contributed by atoms with Gasteiger partial charge in [0.15, 0.2) is 0 Å². The lowest BCUT2D eigenvalue weighted by Gasteiger charge is -2.29. The molecule has 2 aromatic carbocycles. The summed E-state index contributed by atoms with van der Waals surface area (Å²) < 4.78 is 0.953. The van der Waals surface area contributed by atoms with Crippen molar-refractivity contribution in [3.05, 3.63) is 69.2 Å². The number of aryl methyl sites for hydroxylation is 2. The fourth-order valence-electron chi connectivity index (χ4n) is 3.12. The van der Waals surface area contributed by atoms with Gasteiger partial charge in [-0.1, -0.05) is 65.7 Å². The molecule has 0 aliphatic carbocycles. The highest BCUT2D eigenvalue weighted by Gasteiger charge is 2.26. The summed E-state index contributed by atoms with van der Waals surface area (Å²) in [5.74, 6) is 0.184. The molecule has 2 amide bonds. The molecule has 0 bridgehead atoms. The number of nitrogens with one attached hydrogen (secondary N) is 1. The molecule has 2 rings (SSSR count). The van der Waals surface area contributed by atoms with Crippen LogP contribution >= 0.6 is 15.9 Å². The first-order valence-electron chi connectivity index (χ1n) is 10.0. The van der Waals surface area contributed by atoms with Gasteiger partial charge in [0.25, 0.3) is 0 Å². The van der Waals surface area contributed by atoms with Crippen LogP contribution in [0.3, 0.4) is 0 Å². The lowest BCUT2D eigenvalue weighted by molar-refractivity contribution is -0.140. The van der Waals surface area contributed by atoms with Crippen LogP contribution in [0.2, 0.25) is 0 Å². The van der Waals surface area contributed by atoms with E-state index in [-0.39, 0.29) is 18.2 Å². The average Bonchev–Trinajstić information content (AvgIpc) is 2.66. The number of carbonyl (C=O) groups excluding carboxylic acids is 2. The first-order chi connectivity index (χ1) is 13.7. The summed E-state index contributed by atoms with van der Waals surface area (Å²) in [6.07, 6.45) is 0.281. The van der Waals surface area contributed by atoms with Crippen molar-refractivity contribution in [2.24, 2.45) is 5.92 Å². The Labute approximate surface area is 182 Å². The topological polar surface area (TPSA) is 49.4 Å². The van der Waals surface area contributed by atoms with Crippen molar-refractivity contribution < 1.29 is 9.59 Å². The standard InChI is InChI=1S/C24H31BrN2O2/c1-16(2)14-26-24(29)19(5)27(15-20-7-6-8-22(25)12-20)23(28)13-21-11-17(3)9-10-18(21)4/h6-12,16,19H,13-15H2,1-5H3,(H,26,29)/t19-/m0/s1. The monoisotopic (exact) mass is 458 g/mol. The SMILES string of the molecule is Cc1ccc(C)c(CC(=O)N(Cc2cccc(Br)c2)[C@@H](C)C(=O)NCC(C)C)c1. The van der Waals surface area contributed by atoms with E-state index < -0.39 is 6.04 Å². The summed E-state index contributed by atoms with van der Waals surface area (Å²) in [6, 6.07) is 13.4. The first kappa shape index (κ1) is 23.1. The van der Waals surface area contributed by atoms with Gasteiger partial charge in [0.05, 0.1) is 6.42 Å². The van der Waals surface area contributed by atoms with Gasteiger partial charge in [-0.05, 0) is 55.5 Å². The number of amides is 2. The highest BCUT2D eigenvalue weighted by atomic mass is 79.9. The molecule has 5 heteroatoms. The van der Waals surface area contributed by atoms with Crippen LogP contribution in [-0.4, -0.2) is 29.3 Å². The lowest BCUT2D eigenvalue weighted by atomic mass is 10.0. The summed E-state index contributed by atoms with van der Waals surface area (Å²) in [5, 5.41) is 2.96. The summed E-state index contributed by atoms with van der Waals surface area (Å²) in [7, 11) is 0. The van der Waals surface area contributed by atoms with E-state index in [1.165, 1.54) is 0 Å². The van der Waals surface area contributed by atoms with Gasteiger partial charge in [-0.25, -0.2) is 0 Å². The summed E-state index contributed by atoms with van der Waals surface area (Å²) in [5.41, 5.74) is 4.20. The maximum atomic E-state index is 13.3. The molecule has 0 aromatic heterocycles. The van der Waals surface area contributed by atoms with Crippen molar-refractivity contribution in [3.8, 4) is 0 Å². The van der Waals surface area contributed by atoms with Gasteiger partial charge in [0.2, 0.25) is 11.8 Å². The Morgan fingerprint density at radius 2 is 1.79 bits per heavy atom. The minimum Gasteiger partial charge on any atom is -0.354 e. The number of carbonyl (C=O) groups is 2. The fourth-order valence-corrected chi connectivity index (χ4v) is 3.57. The third-order valence-corrected chi connectivity index (χ3v) is 5.43. The second-order valence-corrected chi connectivity index (χ2v) is 8.99. The Hall–Kier alpha value is -2.14. The highest BCUT2D eigenvalue weighted by molar-refractivity contribution is 9.10. The van der Waals surface area contributed by atoms with Crippen LogP contribution < -0.4 is 5.32 Å². The van der Waals surface area contributed by atoms with Gasteiger partial charge in [-0.3, -0.25) is 9.59 Å². The van der Waals surface area contributed by atoms with E-state index in [9.17, 15) is 9.59 Å². The van der Waals surface area contributed by atoms with E-state index in [2.05, 4.69) is 35.1 Å². The van der Waals surface area contributed by atoms with Gasteiger partial charge in [0.1, 0.15) is 6.04 Å². The molecule has 4 nitrogen and oxygen atoms in total. The molecule has 0 radical (unpaired) electrons. The second kappa shape index (κ2) is 10.6. The van der Waals surface area contributed by atoms with Crippen LogP contribution in [0.25, 0.3) is 0 Å². The fraction of sp³-hybridized carbons (Fsp3) is 0.417. The molecule has 1 atom stereocenters. The number of nitrogens with zero attached hydrogens (tertiary/aromatic N) is 1. The molecular weight excluding hydrogens is 428 g/mol. The summed E-state index contributed by atoms with van der Waals surface area (Å²) >= 11 is 3.48. The largest absolute Gasteiger partial charge is 0.354 e. The zero-order valence-corrected chi connectivity index (χ0v) is 19.5. The molecule has 0 aliphatic rings. The van der Waals surface area contributed by atoms with Crippen molar-refractivity contribution in [2.75, 3.05) is 6.54 Å². The molecular formula is C24H31BrN2O2. The van der Waals surface area contributed by atoms with Crippen molar-refractivity contribution in [1.29, 1.82) is 0 Å². The minimum atomic E-state index is -0.551. The maximum Gasteiger partial charge on any atom is 0.242 e. The number of halogens is 1. The van der Waals surface area contributed by atoms with Crippen LogP contribution in [0.1, 0.15) is 43.0 Å². The smallest absolute Gasteiger partial charge is 0.242 e. The lowest BCUT2D eigenvalue weighted by Crippen LogP contribution is -2.48. The number of benzene rings is 2. The van der Waals surface area contributed by atoms with Crippen molar-refractivity contribution in [1.82, 2.24) is 10.2 Å². The van der Waals surface area contributed by atoms with Gasteiger partial charge in [-0.2, -0.15) is 0 Å². The average molecular weight is 459 g/mol. The maximum absolute atomic E-state index is 13.3. The van der Waals surface area contributed by atoms with Gasteiger partial charge in [-0.15, -0.1) is 0 Å². The molecule has 0 spiro atoms. The van der Waals surface area contributed by atoms with E-state index in [0.717, 1.165) is 26.7 Å². The number of hydrogen-bond donors (Lipinski definition) is 1. The Bertz CT molecular complexity index is 864. The predicted molar refractivity (Wildman–Crippen MR) is 122 cm³/mol. The normalized spacial score (nSPS) is 12.0. The molecule has 156 valence electrons. The first-order valence-corrected chi connectivity index (χ1v) is 10.8. The van der Waals surface area contributed by atoms with Gasteiger partial charge in [0, 0.05) is 17.6 Å². The third kappa shape index (κ3) is 7.00. The second-order valence-electron chi connectivity index (χ2n) is 8.07. The van der Waals surface area contributed by atoms with Crippen LogP contribution in [0, 0.1) is 19.8 Å². The van der Waals surface area contributed by atoms with Crippen LogP contribution in [0.15, 0.2) is 46.9 Å². The molecule has 1 N–H and O–H groups in total. The van der Waals surface area contributed by atoms with Crippen molar-refractivity contribution >= 4 is 27.7 Å². The van der Waals surface area contributed by atoms with Crippen LogP contribution in [0.4, 0.5) is 0 Å². The third-order valence-electron chi connectivity index (χ3n) is 4.94. The van der Waals surface area contributed by atoms with E-state index in [1.54, 1.807) is 11.8 Å². The van der Waals surface area contributed by atoms with Gasteiger partial charge >= 0.3 is 0 Å². The summed E-state index contributed by atoms with van der Waals surface area (Å²) in [6.45, 7) is 10.9. The Balaban J connectivity index is 2.25. The van der Waals surface area contributed by atoms with E-state index in [4.69, 9.17) is 0 Å². The minimum absolute atomic E-state index is 0.0501.